The van der Waals surface area contributed by atoms with Crippen LogP contribution in [0.25, 0.3) is 0 Å². The number of hydrogen-bond donors (Lipinski definition) is 1. The standard InChI is InChI=1S/C19H23NO2/c1-3-16(4-2)19(21)20-17-12-8-9-13-18(17)22-14-15-10-6-5-7-11-15/h5-13,16H,3-4,14H2,1-2H3,(H,20,21). The number of nitrogens with one attached hydrogen (secondary N) is 1. The second kappa shape index (κ2) is 8.23. The van der Waals surface area contributed by atoms with Crippen molar-refractivity contribution in [2.75, 3.05) is 5.32 Å². The predicted molar refractivity (Wildman–Crippen MR) is 89.9 cm³/mol. The van der Waals surface area contributed by atoms with E-state index in [0.717, 1.165) is 24.1 Å². The highest BCUT2D eigenvalue weighted by molar-refractivity contribution is 5.93. The lowest BCUT2D eigenvalue weighted by molar-refractivity contribution is -0.120. The van der Waals surface area contributed by atoms with Crippen molar-refractivity contribution in [3.8, 4) is 5.75 Å². The highest BCUT2D eigenvalue weighted by Crippen LogP contribution is 2.26. The molecule has 1 amide bonds. The van der Waals surface area contributed by atoms with Crippen LogP contribution >= 0.6 is 0 Å². The third-order valence-electron chi connectivity index (χ3n) is 3.74. The maximum absolute atomic E-state index is 12.2. The van der Waals surface area contributed by atoms with Crippen LogP contribution in [0.15, 0.2) is 54.6 Å². The van der Waals surface area contributed by atoms with Gasteiger partial charge in [-0.2, -0.15) is 0 Å². The van der Waals surface area contributed by atoms with Gasteiger partial charge in [0.15, 0.2) is 0 Å². The summed E-state index contributed by atoms with van der Waals surface area (Å²) in [6, 6.07) is 17.6. The predicted octanol–water partition coefficient (Wildman–Crippen LogP) is 4.64. The van der Waals surface area contributed by atoms with Crippen molar-refractivity contribution >= 4 is 11.6 Å². The first-order valence-electron chi connectivity index (χ1n) is 7.81. The number of hydrogen-bond acceptors (Lipinski definition) is 2. The zero-order chi connectivity index (χ0) is 15.8. The lowest BCUT2D eigenvalue weighted by Gasteiger charge is -2.16. The molecular weight excluding hydrogens is 274 g/mol. The molecule has 0 saturated heterocycles. The summed E-state index contributed by atoms with van der Waals surface area (Å²) in [7, 11) is 0. The topological polar surface area (TPSA) is 38.3 Å². The molecule has 3 nitrogen and oxygen atoms in total. The highest BCUT2D eigenvalue weighted by Gasteiger charge is 2.15. The summed E-state index contributed by atoms with van der Waals surface area (Å²) in [6.07, 6.45) is 1.69. The van der Waals surface area contributed by atoms with Gasteiger partial charge in [-0.25, -0.2) is 0 Å². The fraction of sp³-hybridized carbons (Fsp3) is 0.316. The van der Waals surface area contributed by atoms with Gasteiger partial charge in [-0.1, -0.05) is 56.3 Å². The third-order valence-corrected chi connectivity index (χ3v) is 3.74. The molecule has 2 rings (SSSR count). The highest BCUT2D eigenvalue weighted by atomic mass is 16.5. The third kappa shape index (κ3) is 4.35. The second-order valence-electron chi connectivity index (χ2n) is 5.27. The minimum atomic E-state index is 0.0437. The maximum Gasteiger partial charge on any atom is 0.227 e. The Morgan fingerprint density at radius 3 is 2.32 bits per heavy atom. The van der Waals surface area contributed by atoms with E-state index < -0.39 is 0 Å². The Morgan fingerprint density at radius 2 is 1.64 bits per heavy atom. The Balaban J connectivity index is 2.05. The van der Waals surface area contributed by atoms with Gasteiger partial charge in [-0.15, -0.1) is 0 Å². The fourth-order valence-electron chi connectivity index (χ4n) is 2.33. The van der Waals surface area contributed by atoms with Gasteiger partial charge in [-0.05, 0) is 30.5 Å². The molecule has 0 spiro atoms. The van der Waals surface area contributed by atoms with Crippen LogP contribution < -0.4 is 10.1 Å². The van der Waals surface area contributed by atoms with E-state index in [-0.39, 0.29) is 11.8 Å². The molecule has 2 aromatic rings. The summed E-state index contributed by atoms with van der Waals surface area (Å²) in [5.74, 6) is 0.800. The van der Waals surface area contributed by atoms with E-state index in [1.54, 1.807) is 0 Å². The van der Waals surface area contributed by atoms with Crippen molar-refractivity contribution in [2.24, 2.45) is 5.92 Å². The molecule has 0 aliphatic rings. The smallest absolute Gasteiger partial charge is 0.227 e. The molecule has 0 aliphatic heterocycles. The number of para-hydroxylation sites is 2. The van der Waals surface area contributed by atoms with Crippen LogP contribution in [-0.4, -0.2) is 5.91 Å². The van der Waals surface area contributed by atoms with E-state index in [1.165, 1.54) is 0 Å². The molecule has 2 aromatic carbocycles. The monoisotopic (exact) mass is 297 g/mol. The summed E-state index contributed by atoms with van der Waals surface area (Å²) >= 11 is 0. The van der Waals surface area contributed by atoms with Crippen LogP contribution in [0.1, 0.15) is 32.3 Å². The Morgan fingerprint density at radius 1 is 1.00 bits per heavy atom. The summed E-state index contributed by atoms with van der Waals surface area (Å²) in [5, 5.41) is 2.98. The molecule has 0 radical (unpaired) electrons. The Kier molecular flexibility index (Phi) is 6.01. The number of carbonyl (C=O) groups excluding carboxylic acids is 1. The van der Waals surface area contributed by atoms with E-state index in [1.807, 2.05) is 68.4 Å². The fourth-order valence-corrected chi connectivity index (χ4v) is 2.33. The minimum Gasteiger partial charge on any atom is -0.487 e. The zero-order valence-electron chi connectivity index (χ0n) is 13.2. The summed E-state index contributed by atoms with van der Waals surface area (Å²) in [4.78, 5) is 12.2. The number of anilines is 1. The van der Waals surface area contributed by atoms with Gasteiger partial charge in [0.05, 0.1) is 5.69 Å². The largest absolute Gasteiger partial charge is 0.487 e. The molecule has 22 heavy (non-hydrogen) atoms. The lowest BCUT2D eigenvalue weighted by atomic mass is 10.0. The molecule has 0 fully saturated rings. The summed E-state index contributed by atoms with van der Waals surface area (Å²) in [5.41, 5.74) is 1.83. The molecule has 0 unspecified atom stereocenters. The van der Waals surface area contributed by atoms with Crippen molar-refractivity contribution in [2.45, 2.75) is 33.3 Å². The van der Waals surface area contributed by atoms with Gasteiger partial charge in [0.25, 0.3) is 0 Å². The van der Waals surface area contributed by atoms with Gasteiger partial charge < -0.3 is 10.1 Å². The van der Waals surface area contributed by atoms with E-state index in [0.29, 0.717) is 12.4 Å². The van der Waals surface area contributed by atoms with Crippen LogP contribution in [-0.2, 0) is 11.4 Å². The van der Waals surface area contributed by atoms with Crippen molar-refractivity contribution in [3.05, 3.63) is 60.2 Å². The van der Waals surface area contributed by atoms with E-state index in [4.69, 9.17) is 4.74 Å². The van der Waals surface area contributed by atoms with Crippen molar-refractivity contribution in [3.63, 3.8) is 0 Å². The average Bonchev–Trinajstić information content (AvgIpc) is 2.56. The number of rotatable bonds is 7. The summed E-state index contributed by atoms with van der Waals surface area (Å²) in [6.45, 7) is 4.55. The second-order valence-corrected chi connectivity index (χ2v) is 5.27. The molecule has 0 aromatic heterocycles. The van der Waals surface area contributed by atoms with Crippen LogP contribution in [0.2, 0.25) is 0 Å². The van der Waals surface area contributed by atoms with E-state index in [9.17, 15) is 4.79 Å². The normalized spacial score (nSPS) is 10.5. The quantitative estimate of drug-likeness (QED) is 0.808. The van der Waals surface area contributed by atoms with Gasteiger partial charge in [0.2, 0.25) is 5.91 Å². The first-order chi connectivity index (χ1) is 10.7. The van der Waals surface area contributed by atoms with Crippen LogP contribution in [0.3, 0.4) is 0 Å². The van der Waals surface area contributed by atoms with Gasteiger partial charge in [-0.3, -0.25) is 4.79 Å². The van der Waals surface area contributed by atoms with Crippen LogP contribution in [0.4, 0.5) is 5.69 Å². The molecule has 1 N–H and O–H groups in total. The first kappa shape index (κ1) is 16.1. The molecule has 0 atom stereocenters. The van der Waals surface area contributed by atoms with Gasteiger partial charge >= 0.3 is 0 Å². The maximum atomic E-state index is 12.2. The molecule has 0 saturated carbocycles. The molecule has 0 aliphatic carbocycles. The SMILES string of the molecule is CCC(CC)C(=O)Nc1ccccc1OCc1ccccc1. The minimum absolute atomic E-state index is 0.0437. The molecule has 116 valence electrons. The van der Waals surface area contributed by atoms with Crippen molar-refractivity contribution in [1.82, 2.24) is 0 Å². The number of amides is 1. The van der Waals surface area contributed by atoms with Gasteiger partial charge in [0, 0.05) is 5.92 Å². The Labute approximate surface area is 132 Å². The zero-order valence-corrected chi connectivity index (χ0v) is 13.2. The first-order valence-corrected chi connectivity index (χ1v) is 7.81. The number of carbonyl (C=O) groups is 1. The van der Waals surface area contributed by atoms with E-state index >= 15 is 0 Å². The molecule has 0 heterocycles. The Hall–Kier alpha value is -2.29. The molecule has 3 heteroatoms. The van der Waals surface area contributed by atoms with Crippen molar-refractivity contribution in [1.29, 1.82) is 0 Å². The van der Waals surface area contributed by atoms with Crippen LogP contribution in [0, 0.1) is 5.92 Å². The average molecular weight is 297 g/mol. The van der Waals surface area contributed by atoms with Gasteiger partial charge in [0.1, 0.15) is 12.4 Å². The number of ether oxygens (including phenoxy) is 1. The summed E-state index contributed by atoms with van der Waals surface area (Å²) < 4.78 is 5.86. The van der Waals surface area contributed by atoms with Crippen LogP contribution in [0.5, 0.6) is 5.75 Å². The van der Waals surface area contributed by atoms with E-state index in [2.05, 4.69) is 5.32 Å². The Bertz CT molecular complexity index is 591. The lowest BCUT2D eigenvalue weighted by Crippen LogP contribution is -2.22. The number of benzene rings is 2. The van der Waals surface area contributed by atoms with Crippen molar-refractivity contribution < 1.29 is 9.53 Å². The molecular formula is C19H23NO2. The molecule has 0 bridgehead atoms.